The van der Waals surface area contributed by atoms with E-state index in [0.29, 0.717) is 46.6 Å². The fourth-order valence-electron chi connectivity index (χ4n) is 8.53. The van der Waals surface area contributed by atoms with Gasteiger partial charge in [0.1, 0.15) is 17.9 Å². The predicted molar refractivity (Wildman–Crippen MR) is 172 cm³/mol. The van der Waals surface area contributed by atoms with Gasteiger partial charge >= 0.3 is 0 Å². The van der Waals surface area contributed by atoms with Gasteiger partial charge in [-0.1, -0.05) is 13.8 Å². The van der Waals surface area contributed by atoms with Crippen molar-refractivity contribution in [3.63, 3.8) is 0 Å². The largest absolute Gasteiger partial charge is 0.434 e. The maximum atomic E-state index is 14.5. The third-order valence-electron chi connectivity index (χ3n) is 10.9. The quantitative estimate of drug-likeness (QED) is 0.304. The number of aromatic nitrogens is 5. The van der Waals surface area contributed by atoms with Gasteiger partial charge in [-0.15, -0.1) is 10.2 Å². The number of benzene rings is 1. The lowest BCUT2D eigenvalue weighted by molar-refractivity contribution is -0.0697. The lowest BCUT2D eigenvalue weighted by Crippen LogP contribution is -2.64. The third-order valence-corrected chi connectivity index (χ3v) is 10.9. The molecular formula is C35H45FN8O2. The fraction of sp³-hybridized carbons (Fsp3) is 0.629. The SMILES string of the molecule is CC(C)C(C1CCN(CC2COC2)CC1)N1CC2(CCN(c3ncnnc3Oc3ccc(F)cc3-c3nccnc3C3CC3)C2)C1. The summed E-state index contributed by atoms with van der Waals surface area (Å²) in [6, 6.07) is 5.15. The Morgan fingerprint density at radius 2 is 1.80 bits per heavy atom. The molecule has 1 saturated carbocycles. The predicted octanol–water partition coefficient (Wildman–Crippen LogP) is 5.03. The van der Waals surface area contributed by atoms with E-state index in [0.717, 1.165) is 76.2 Å². The minimum absolute atomic E-state index is 0.250. The average molecular weight is 629 g/mol. The molecule has 1 aliphatic carbocycles. The number of piperidine rings is 1. The van der Waals surface area contributed by atoms with Crippen molar-refractivity contribution in [2.45, 2.75) is 57.9 Å². The Morgan fingerprint density at radius 3 is 2.54 bits per heavy atom. The Balaban J connectivity index is 0.945. The molecule has 4 saturated heterocycles. The lowest BCUT2D eigenvalue weighted by atomic mass is 9.73. The Bertz CT molecular complexity index is 1530. The van der Waals surface area contributed by atoms with Gasteiger partial charge in [-0.3, -0.25) is 14.9 Å². The van der Waals surface area contributed by atoms with Crippen LogP contribution in [0.25, 0.3) is 11.3 Å². The molecule has 6 heterocycles. The maximum Gasteiger partial charge on any atom is 0.282 e. The number of hydrogen-bond acceptors (Lipinski definition) is 10. The maximum absolute atomic E-state index is 14.5. The van der Waals surface area contributed by atoms with E-state index in [4.69, 9.17) is 9.47 Å². The van der Waals surface area contributed by atoms with Crippen LogP contribution >= 0.6 is 0 Å². The topological polar surface area (TPSA) is 92.6 Å². The normalized spacial score (nSPS) is 23.1. The highest BCUT2D eigenvalue weighted by Crippen LogP contribution is 2.47. The molecule has 10 nitrogen and oxygen atoms in total. The molecule has 1 atom stereocenters. The van der Waals surface area contributed by atoms with Crippen molar-refractivity contribution in [2.75, 3.05) is 63.9 Å². The molecular weight excluding hydrogens is 583 g/mol. The number of likely N-dealkylation sites (tertiary alicyclic amines) is 2. The highest BCUT2D eigenvalue weighted by molar-refractivity contribution is 5.70. The zero-order chi connectivity index (χ0) is 31.3. The summed E-state index contributed by atoms with van der Waals surface area (Å²) in [6.07, 6.45) is 10.7. The number of ether oxygens (including phenoxy) is 2. The fourth-order valence-corrected chi connectivity index (χ4v) is 8.53. The monoisotopic (exact) mass is 628 g/mol. The van der Waals surface area contributed by atoms with Crippen LogP contribution in [0.2, 0.25) is 0 Å². The van der Waals surface area contributed by atoms with Crippen molar-refractivity contribution in [2.24, 2.45) is 23.2 Å². The zero-order valence-electron chi connectivity index (χ0n) is 27.0. The van der Waals surface area contributed by atoms with Crippen LogP contribution in [0.3, 0.4) is 0 Å². The van der Waals surface area contributed by atoms with Gasteiger partial charge in [0.05, 0.1) is 24.6 Å². The van der Waals surface area contributed by atoms with Crippen LogP contribution in [0, 0.1) is 29.0 Å². The summed E-state index contributed by atoms with van der Waals surface area (Å²) in [6.45, 7) is 14.4. The Kier molecular flexibility index (Phi) is 8.10. The van der Waals surface area contributed by atoms with Gasteiger partial charge in [0.2, 0.25) is 0 Å². The van der Waals surface area contributed by atoms with Gasteiger partial charge in [-0.25, -0.2) is 9.37 Å². The zero-order valence-corrected chi connectivity index (χ0v) is 27.0. The molecule has 0 radical (unpaired) electrons. The van der Waals surface area contributed by atoms with Gasteiger partial charge in [0.15, 0.2) is 5.82 Å². The molecule has 1 unspecified atom stereocenters. The molecule has 5 aliphatic rings. The molecule has 1 spiro atoms. The highest BCUT2D eigenvalue weighted by atomic mass is 19.1. The van der Waals surface area contributed by atoms with E-state index in [1.807, 2.05) is 0 Å². The van der Waals surface area contributed by atoms with Gasteiger partial charge < -0.3 is 19.3 Å². The molecule has 46 heavy (non-hydrogen) atoms. The molecule has 2 aromatic heterocycles. The van der Waals surface area contributed by atoms with E-state index >= 15 is 0 Å². The molecule has 11 heteroatoms. The number of nitrogens with zero attached hydrogens (tertiary/aromatic N) is 8. The number of anilines is 1. The molecule has 3 aromatic rings. The Labute approximate surface area is 270 Å². The van der Waals surface area contributed by atoms with Crippen LogP contribution in [0.4, 0.5) is 10.2 Å². The highest BCUT2D eigenvalue weighted by Gasteiger charge is 2.51. The molecule has 0 amide bonds. The first kappa shape index (κ1) is 30.1. The molecule has 244 valence electrons. The second-order valence-corrected chi connectivity index (χ2v) is 14.7. The summed E-state index contributed by atoms with van der Waals surface area (Å²) >= 11 is 0. The van der Waals surface area contributed by atoms with Crippen molar-refractivity contribution >= 4 is 5.82 Å². The standard InChI is InChI=1S/C35H45FN8O2/c1-23(2)32(26-7-12-42(13-8-26)16-24-17-45-18-24)44-20-35(21-44)9-14-43(19-35)33-34(41-40-22-39-33)46-29-6-5-27(36)15-28(29)31-30(25-3-4-25)37-10-11-38-31/h5-6,10-11,15,22-26,32H,3-4,7-9,12-14,16-21H2,1-2H3. The molecule has 0 N–H and O–H groups in total. The van der Waals surface area contributed by atoms with Crippen LogP contribution < -0.4 is 9.64 Å². The summed E-state index contributed by atoms with van der Waals surface area (Å²) in [5.74, 6) is 3.64. The summed E-state index contributed by atoms with van der Waals surface area (Å²) in [5, 5.41) is 8.43. The van der Waals surface area contributed by atoms with E-state index in [-0.39, 0.29) is 11.2 Å². The molecule has 8 rings (SSSR count). The summed E-state index contributed by atoms with van der Waals surface area (Å²) in [4.78, 5) is 21.6. The first-order chi connectivity index (χ1) is 22.4. The van der Waals surface area contributed by atoms with Crippen molar-refractivity contribution in [1.29, 1.82) is 0 Å². The second kappa shape index (κ2) is 12.4. The number of rotatable bonds is 10. The summed E-state index contributed by atoms with van der Waals surface area (Å²) < 4.78 is 26.4. The van der Waals surface area contributed by atoms with E-state index < -0.39 is 0 Å². The van der Waals surface area contributed by atoms with E-state index in [9.17, 15) is 4.39 Å². The number of hydrogen-bond donors (Lipinski definition) is 0. The van der Waals surface area contributed by atoms with Crippen molar-refractivity contribution in [3.8, 4) is 22.9 Å². The first-order valence-corrected chi connectivity index (χ1v) is 17.2. The minimum atomic E-state index is -0.350. The Morgan fingerprint density at radius 1 is 1.00 bits per heavy atom. The van der Waals surface area contributed by atoms with Crippen LogP contribution in [0.5, 0.6) is 11.6 Å². The smallest absolute Gasteiger partial charge is 0.282 e. The third kappa shape index (κ3) is 5.97. The van der Waals surface area contributed by atoms with Crippen molar-refractivity contribution in [3.05, 3.63) is 48.4 Å². The van der Waals surface area contributed by atoms with Crippen LogP contribution in [-0.4, -0.2) is 100 Å². The minimum Gasteiger partial charge on any atom is -0.434 e. The first-order valence-electron chi connectivity index (χ1n) is 17.2. The van der Waals surface area contributed by atoms with E-state index in [1.54, 1.807) is 18.5 Å². The summed E-state index contributed by atoms with van der Waals surface area (Å²) in [7, 11) is 0. The van der Waals surface area contributed by atoms with Crippen LogP contribution in [0.15, 0.2) is 36.9 Å². The van der Waals surface area contributed by atoms with Gasteiger partial charge in [-0.05, 0) is 75.2 Å². The second-order valence-electron chi connectivity index (χ2n) is 14.7. The molecule has 4 aliphatic heterocycles. The van der Waals surface area contributed by atoms with Crippen molar-refractivity contribution < 1.29 is 13.9 Å². The Hall–Kier alpha value is -3.28. The summed E-state index contributed by atoms with van der Waals surface area (Å²) in [5.41, 5.74) is 2.37. The lowest BCUT2D eigenvalue weighted by Gasteiger charge is -2.55. The molecule has 0 bridgehead atoms. The van der Waals surface area contributed by atoms with Gasteiger partial charge in [0.25, 0.3) is 5.88 Å². The van der Waals surface area contributed by atoms with Crippen LogP contribution in [-0.2, 0) is 4.74 Å². The van der Waals surface area contributed by atoms with E-state index in [1.165, 1.54) is 50.9 Å². The van der Waals surface area contributed by atoms with E-state index in [2.05, 4.69) is 53.7 Å². The van der Waals surface area contributed by atoms with Crippen molar-refractivity contribution in [1.82, 2.24) is 34.9 Å². The van der Waals surface area contributed by atoms with Crippen LogP contribution in [0.1, 0.15) is 57.6 Å². The molecule has 1 aromatic carbocycles. The average Bonchev–Trinajstić information content (AvgIpc) is 3.78. The molecule has 5 fully saturated rings. The van der Waals surface area contributed by atoms with Gasteiger partial charge in [0, 0.05) is 74.0 Å². The number of halogens is 1. The van der Waals surface area contributed by atoms with Gasteiger partial charge in [-0.2, -0.15) is 0 Å².